The van der Waals surface area contributed by atoms with Gasteiger partial charge < -0.3 is 0 Å². The molecular formula is C21H38F4. The van der Waals surface area contributed by atoms with Crippen LogP contribution in [0.25, 0.3) is 0 Å². The molecule has 7 unspecified atom stereocenters. The molecule has 1 saturated carbocycles. The van der Waals surface area contributed by atoms with E-state index in [0.717, 1.165) is 25.7 Å². The van der Waals surface area contributed by atoms with Gasteiger partial charge in [0.25, 0.3) is 5.92 Å². The first-order chi connectivity index (χ1) is 11.7. The van der Waals surface area contributed by atoms with E-state index in [0.29, 0.717) is 18.8 Å². The van der Waals surface area contributed by atoms with Gasteiger partial charge in [-0.1, -0.05) is 66.7 Å². The van der Waals surface area contributed by atoms with E-state index in [1.807, 2.05) is 6.92 Å². The molecule has 0 aliphatic heterocycles. The van der Waals surface area contributed by atoms with Gasteiger partial charge in [-0.3, -0.25) is 0 Å². The fourth-order valence-electron chi connectivity index (χ4n) is 4.70. The molecule has 1 aliphatic rings. The highest BCUT2D eigenvalue weighted by Crippen LogP contribution is 2.55. The smallest absolute Gasteiger partial charge is 0.244 e. The molecule has 0 spiro atoms. The molecule has 0 heterocycles. The molecule has 4 heteroatoms. The lowest BCUT2D eigenvalue weighted by molar-refractivity contribution is -0.128. The van der Waals surface area contributed by atoms with E-state index >= 15 is 8.78 Å². The van der Waals surface area contributed by atoms with Crippen molar-refractivity contribution in [2.45, 2.75) is 104 Å². The Kier molecular flexibility index (Phi) is 9.25. The molecule has 1 aliphatic carbocycles. The lowest BCUT2D eigenvalue weighted by Crippen LogP contribution is -2.42. The summed E-state index contributed by atoms with van der Waals surface area (Å²) in [6.45, 7) is 9.48. The van der Waals surface area contributed by atoms with E-state index < -0.39 is 36.0 Å². The van der Waals surface area contributed by atoms with Crippen molar-refractivity contribution in [1.82, 2.24) is 0 Å². The number of unbranched alkanes of at least 4 members (excludes halogenated alkanes) is 1. The summed E-state index contributed by atoms with van der Waals surface area (Å²) in [5.41, 5.74) is 0. The molecule has 150 valence electrons. The van der Waals surface area contributed by atoms with Crippen LogP contribution in [-0.2, 0) is 0 Å². The quantitative estimate of drug-likeness (QED) is 0.330. The Hall–Kier alpha value is -0.280. The van der Waals surface area contributed by atoms with Gasteiger partial charge in [-0.05, 0) is 37.0 Å². The summed E-state index contributed by atoms with van der Waals surface area (Å²) in [7, 11) is 0. The minimum atomic E-state index is -3.11. The fourth-order valence-corrected chi connectivity index (χ4v) is 4.70. The summed E-state index contributed by atoms with van der Waals surface area (Å²) in [5, 5.41) is 0. The monoisotopic (exact) mass is 366 g/mol. The third-order valence-corrected chi connectivity index (χ3v) is 6.43. The molecule has 1 rings (SSSR count). The minimum absolute atomic E-state index is 0.0444. The maximum Gasteiger partial charge on any atom is 0.257 e. The topological polar surface area (TPSA) is 0 Å². The highest BCUT2D eigenvalue weighted by atomic mass is 19.3. The van der Waals surface area contributed by atoms with Crippen LogP contribution in [0.1, 0.15) is 86.0 Å². The molecule has 0 aromatic rings. The second-order valence-corrected chi connectivity index (χ2v) is 8.38. The van der Waals surface area contributed by atoms with Gasteiger partial charge >= 0.3 is 0 Å². The zero-order chi connectivity index (χ0) is 19.2. The number of hydrogen-bond donors (Lipinski definition) is 0. The first-order valence-electron chi connectivity index (χ1n) is 10.4. The SMILES string of the molecule is CCCCC(C)CCC(CC)C1CC(C)C(C(F)C(F)CC)C1(F)F. The molecule has 0 N–H and O–H groups in total. The highest BCUT2D eigenvalue weighted by molar-refractivity contribution is 5.02. The standard InChI is InChI=1S/C21H38F4/c1-6-9-10-14(4)11-12-16(7-2)17-13-15(5)19(21(17,24)25)20(23)18(22)8-3/h14-20H,6-13H2,1-5H3. The van der Waals surface area contributed by atoms with Crippen LogP contribution < -0.4 is 0 Å². The van der Waals surface area contributed by atoms with Crippen LogP contribution in [0.4, 0.5) is 17.6 Å². The van der Waals surface area contributed by atoms with Crippen molar-refractivity contribution in [1.29, 1.82) is 0 Å². The van der Waals surface area contributed by atoms with Gasteiger partial charge in [0, 0.05) is 5.92 Å². The van der Waals surface area contributed by atoms with Crippen molar-refractivity contribution in [3.63, 3.8) is 0 Å². The van der Waals surface area contributed by atoms with E-state index in [4.69, 9.17) is 0 Å². The highest BCUT2D eigenvalue weighted by Gasteiger charge is 2.61. The number of halogens is 4. The summed E-state index contributed by atoms with van der Waals surface area (Å²) in [6.07, 6.45) is 2.30. The zero-order valence-electron chi connectivity index (χ0n) is 16.7. The maximum absolute atomic E-state index is 15.0. The molecule has 0 amide bonds. The molecule has 1 fully saturated rings. The predicted molar refractivity (Wildman–Crippen MR) is 97.5 cm³/mol. The van der Waals surface area contributed by atoms with Gasteiger partial charge in [0.15, 0.2) is 0 Å². The predicted octanol–water partition coefficient (Wildman–Crippen LogP) is 7.61. The maximum atomic E-state index is 15.0. The number of hydrogen-bond acceptors (Lipinski definition) is 0. The van der Waals surface area contributed by atoms with Crippen LogP contribution >= 0.6 is 0 Å². The third kappa shape index (κ3) is 5.60. The third-order valence-electron chi connectivity index (χ3n) is 6.43. The second-order valence-electron chi connectivity index (χ2n) is 8.38. The summed E-state index contributed by atoms with van der Waals surface area (Å²) in [6, 6.07) is 0. The van der Waals surface area contributed by atoms with Crippen LogP contribution in [0.5, 0.6) is 0 Å². The fraction of sp³-hybridized carbons (Fsp3) is 1.00. The summed E-state index contributed by atoms with van der Waals surface area (Å²) >= 11 is 0. The Labute approximate surface area is 152 Å². The van der Waals surface area contributed by atoms with E-state index in [1.54, 1.807) is 6.92 Å². The van der Waals surface area contributed by atoms with Crippen molar-refractivity contribution < 1.29 is 17.6 Å². The lowest BCUT2D eigenvalue weighted by atomic mass is 9.79. The van der Waals surface area contributed by atoms with Gasteiger partial charge in [0.2, 0.25) is 0 Å². The lowest BCUT2D eigenvalue weighted by Gasteiger charge is -2.33. The van der Waals surface area contributed by atoms with Gasteiger partial charge in [0.1, 0.15) is 12.3 Å². The number of rotatable bonds is 11. The first kappa shape index (κ1) is 22.8. The van der Waals surface area contributed by atoms with Crippen molar-refractivity contribution in [3.05, 3.63) is 0 Å². The normalized spacial score (nSPS) is 30.8. The van der Waals surface area contributed by atoms with Crippen LogP contribution in [0.2, 0.25) is 0 Å². The van der Waals surface area contributed by atoms with Gasteiger partial charge in [0.05, 0.1) is 5.92 Å². The van der Waals surface area contributed by atoms with Gasteiger partial charge in [-0.2, -0.15) is 0 Å². The molecule has 0 saturated heterocycles. The van der Waals surface area contributed by atoms with Crippen molar-refractivity contribution in [2.24, 2.45) is 29.6 Å². The molecule has 0 aromatic carbocycles. The molecular weight excluding hydrogens is 328 g/mol. The Balaban J connectivity index is 2.78. The Morgan fingerprint density at radius 3 is 2.16 bits per heavy atom. The minimum Gasteiger partial charge on any atom is -0.244 e. The summed E-state index contributed by atoms with van der Waals surface area (Å²) in [5.74, 6) is -5.41. The van der Waals surface area contributed by atoms with Crippen molar-refractivity contribution in [3.8, 4) is 0 Å². The second kappa shape index (κ2) is 10.2. The van der Waals surface area contributed by atoms with Crippen LogP contribution in [-0.4, -0.2) is 18.3 Å². The number of alkyl halides is 4. The average Bonchev–Trinajstić information content (AvgIpc) is 2.81. The Morgan fingerprint density at radius 1 is 1.00 bits per heavy atom. The largest absolute Gasteiger partial charge is 0.257 e. The van der Waals surface area contributed by atoms with Crippen molar-refractivity contribution in [2.75, 3.05) is 0 Å². The van der Waals surface area contributed by atoms with Crippen LogP contribution in [0, 0.1) is 29.6 Å². The van der Waals surface area contributed by atoms with E-state index in [9.17, 15) is 8.78 Å². The molecule has 0 aromatic heterocycles. The summed E-state index contributed by atoms with van der Waals surface area (Å²) in [4.78, 5) is 0. The van der Waals surface area contributed by atoms with Gasteiger partial charge in [-0.25, -0.2) is 17.6 Å². The molecule has 7 atom stereocenters. The Morgan fingerprint density at radius 2 is 1.64 bits per heavy atom. The van der Waals surface area contributed by atoms with Crippen LogP contribution in [0.3, 0.4) is 0 Å². The summed E-state index contributed by atoms with van der Waals surface area (Å²) < 4.78 is 58.2. The van der Waals surface area contributed by atoms with Crippen molar-refractivity contribution >= 4 is 0 Å². The Bertz CT molecular complexity index is 371. The molecule has 0 radical (unpaired) electrons. The van der Waals surface area contributed by atoms with Gasteiger partial charge in [-0.15, -0.1) is 0 Å². The molecule has 0 nitrogen and oxygen atoms in total. The molecule has 0 bridgehead atoms. The van der Waals surface area contributed by atoms with E-state index in [-0.39, 0.29) is 12.3 Å². The van der Waals surface area contributed by atoms with Crippen LogP contribution in [0.15, 0.2) is 0 Å². The van der Waals surface area contributed by atoms with E-state index in [1.165, 1.54) is 13.3 Å². The average molecular weight is 367 g/mol. The van der Waals surface area contributed by atoms with E-state index in [2.05, 4.69) is 13.8 Å². The first-order valence-corrected chi connectivity index (χ1v) is 10.4. The molecule has 25 heavy (non-hydrogen) atoms. The zero-order valence-corrected chi connectivity index (χ0v) is 16.7.